The Morgan fingerprint density at radius 1 is 1.03 bits per heavy atom. The number of nitrogens with zero attached hydrogens (tertiary/aromatic N) is 3. The van der Waals surface area contributed by atoms with E-state index in [9.17, 15) is 31.1 Å². The highest BCUT2D eigenvalue weighted by atomic mass is 19.4. The van der Waals surface area contributed by atoms with Crippen LogP contribution in [-0.2, 0) is 19.1 Å². The SMILES string of the molecule is COCCN1C[C@@H]2[C@@H](OC)CCN(C(=O)c3cccc(C)n3)[C@@H]2C1.O=C(O)C(F)(F)F.O=C(O)C(F)(F)F. The summed E-state index contributed by atoms with van der Waals surface area (Å²) in [4.78, 5) is 39.6. The second kappa shape index (κ2) is 14.2. The molecule has 2 saturated heterocycles. The number of methoxy groups -OCH3 is 2. The lowest BCUT2D eigenvalue weighted by molar-refractivity contribution is -0.193. The highest BCUT2D eigenvalue weighted by molar-refractivity contribution is 5.92. The first kappa shape index (κ1) is 33.0. The van der Waals surface area contributed by atoms with Gasteiger partial charge in [0.25, 0.3) is 5.91 Å². The van der Waals surface area contributed by atoms with E-state index in [-0.39, 0.29) is 18.1 Å². The maximum atomic E-state index is 13.0. The summed E-state index contributed by atoms with van der Waals surface area (Å²) >= 11 is 0. The number of aryl methyl sites for hydroxylation is 1. The molecule has 0 unspecified atom stereocenters. The summed E-state index contributed by atoms with van der Waals surface area (Å²) in [7, 11) is 3.50. The largest absolute Gasteiger partial charge is 0.490 e. The van der Waals surface area contributed by atoms with E-state index in [0.717, 1.165) is 38.3 Å². The molecule has 0 aliphatic carbocycles. The first-order valence-electron chi connectivity index (χ1n) is 11.1. The van der Waals surface area contributed by atoms with E-state index < -0.39 is 24.3 Å². The van der Waals surface area contributed by atoms with E-state index in [1.807, 2.05) is 30.0 Å². The molecule has 2 aliphatic heterocycles. The van der Waals surface area contributed by atoms with Gasteiger partial charge in [0.05, 0.1) is 18.8 Å². The molecule has 1 aromatic rings. The number of aliphatic carboxylic acids is 2. The Morgan fingerprint density at radius 3 is 2.03 bits per heavy atom. The van der Waals surface area contributed by atoms with Crippen LogP contribution < -0.4 is 0 Å². The van der Waals surface area contributed by atoms with Crippen LogP contribution in [0.1, 0.15) is 22.6 Å². The summed E-state index contributed by atoms with van der Waals surface area (Å²) < 4.78 is 74.4. The van der Waals surface area contributed by atoms with Crippen molar-refractivity contribution in [2.24, 2.45) is 5.92 Å². The minimum Gasteiger partial charge on any atom is -0.475 e. The van der Waals surface area contributed by atoms with Gasteiger partial charge in [0.2, 0.25) is 0 Å². The van der Waals surface area contributed by atoms with Crippen molar-refractivity contribution < 1.29 is 60.4 Å². The minimum atomic E-state index is -5.08. The molecule has 0 bridgehead atoms. The molecule has 3 atom stereocenters. The third-order valence-electron chi connectivity index (χ3n) is 5.71. The molecule has 0 spiro atoms. The topological polar surface area (TPSA) is 130 Å². The van der Waals surface area contributed by atoms with Crippen LogP contribution in [0.3, 0.4) is 0 Å². The Balaban J connectivity index is 0.000000426. The number of pyridine rings is 1. The van der Waals surface area contributed by atoms with Gasteiger partial charge in [-0.1, -0.05) is 6.07 Å². The van der Waals surface area contributed by atoms with Crippen molar-refractivity contribution >= 4 is 17.8 Å². The molecule has 2 N–H and O–H groups in total. The normalized spacial score (nSPS) is 21.4. The number of carbonyl (C=O) groups is 3. The fourth-order valence-corrected chi connectivity index (χ4v) is 3.99. The van der Waals surface area contributed by atoms with Crippen molar-refractivity contribution in [3.63, 3.8) is 0 Å². The molecular formula is C22H29F6N3O7. The van der Waals surface area contributed by atoms with Crippen molar-refractivity contribution in [3.05, 3.63) is 29.6 Å². The molecule has 0 radical (unpaired) electrons. The number of likely N-dealkylation sites (tertiary alicyclic amines) is 2. The number of piperidine rings is 1. The van der Waals surface area contributed by atoms with Crippen LogP contribution in [-0.4, -0.2) is 114 Å². The van der Waals surface area contributed by atoms with E-state index in [4.69, 9.17) is 29.3 Å². The molecule has 1 amide bonds. The van der Waals surface area contributed by atoms with Crippen LogP contribution in [0.2, 0.25) is 0 Å². The average molecular weight is 561 g/mol. The number of ether oxygens (including phenoxy) is 2. The molecule has 3 rings (SSSR count). The van der Waals surface area contributed by atoms with E-state index in [1.54, 1.807) is 14.2 Å². The highest BCUT2D eigenvalue weighted by Crippen LogP contribution is 2.33. The number of halogens is 6. The predicted molar refractivity (Wildman–Crippen MR) is 118 cm³/mol. The maximum Gasteiger partial charge on any atom is 0.490 e. The van der Waals surface area contributed by atoms with Gasteiger partial charge in [-0.15, -0.1) is 0 Å². The molecule has 216 valence electrons. The van der Waals surface area contributed by atoms with Crippen molar-refractivity contribution in [1.29, 1.82) is 0 Å². The third kappa shape index (κ3) is 10.1. The average Bonchev–Trinajstić information content (AvgIpc) is 3.25. The zero-order chi connectivity index (χ0) is 29.3. The summed E-state index contributed by atoms with van der Waals surface area (Å²) in [6.07, 6.45) is -9.06. The molecule has 3 heterocycles. The summed E-state index contributed by atoms with van der Waals surface area (Å²) in [5.74, 6) is -5.12. The number of fused-ring (bicyclic) bond motifs is 1. The number of alkyl halides is 6. The number of rotatable bonds is 5. The molecule has 10 nitrogen and oxygen atoms in total. The van der Waals surface area contributed by atoms with E-state index >= 15 is 0 Å². The molecule has 2 fully saturated rings. The number of carbonyl (C=O) groups excluding carboxylic acids is 1. The molecule has 1 aromatic heterocycles. The molecule has 16 heteroatoms. The number of hydrogen-bond donors (Lipinski definition) is 2. The Bertz CT molecular complexity index is 921. The van der Waals surface area contributed by atoms with Crippen molar-refractivity contribution in [1.82, 2.24) is 14.8 Å². The Labute approximate surface area is 214 Å². The fraction of sp³-hybridized carbons (Fsp3) is 0.636. The van der Waals surface area contributed by atoms with E-state index in [2.05, 4.69) is 9.88 Å². The summed E-state index contributed by atoms with van der Waals surface area (Å²) in [5.41, 5.74) is 1.41. The summed E-state index contributed by atoms with van der Waals surface area (Å²) in [5, 5.41) is 14.2. The van der Waals surface area contributed by atoms with Crippen LogP contribution in [0.15, 0.2) is 18.2 Å². The first-order valence-corrected chi connectivity index (χ1v) is 11.1. The lowest BCUT2D eigenvalue weighted by atomic mass is 9.88. The van der Waals surface area contributed by atoms with Gasteiger partial charge in [0.15, 0.2) is 0 Å². The monoisotopic (exact) mass is 561 g/mol. The fourth-order valence-electron chi connectivity index (χ4n) is 3.99. The zero-order valence-corrected chi connectivity index (χ0v) is 20.8. The third-order valence-corrected chi connectivity index (χ3v) is 5.71. The maximum absolute atomic E-state index is 13.0. The molecule has 38 heavy (non-hydrogen) atoms. The highest BCUT2D eigenvalue weighted by Gasteiger charge is 2.46. The van der Waals surface area contributed by atoms with Crippen LogP contribution in [0.4, 0.5) is 26.3 Å². The van der Waals surface area contributed by atoms with Crippen LogP contribution in [0.25, 0.3) is 0 Å². The lowest BCUT2D eigenvalue weighted by Gasteiger charge is -2.41. The van der Waals surface area contributed by atoms with Crippen LogP contribution >= 0.6 is 0 Å². The van der Waals surface area contributed by atoms with Crippen molar-refractivity contribution in [3.8, 4) is 0 Å². The number of carboxylic acid groups (broad SMARTS) is 2. The Kier molecular flexibility index (Phi) is 12.4. The van der Waals surface area contributed by atoms with Crippen LogP contribution in [0, 0.1) is 12.8 Å². The zero-order valence-electron chi connectivity index (χ0n) is 20.8. The summed E-state index contributed by atoms with van der Waals surface area (Å²) in [6.45, 7) is 6.09. The summed E-state index contributed by atoms with van der Waals surface area (Å²) in [6, 6.07) is 5.81. The number of hydrogen-bond acceptors (Lipinski definition) is 7. The number of amides is 1. The molecule has 2 aliphatic rings. The predicted octanol–water partition coefficient (Wildman–Crippen LogP) is 2.46. The first-order chi connectivity index (χ1) is 17.5. The second-order valence-electron chi connectivity index (χ2n) is 8.31. The number of aromatic nitrogens is 1. The van der Waals surface area contributed by atoms with Gasteiger partial charge >= 0.3 is 24.3 Å². The molecule has 0 aromatic carbocycles. The Morgan fingerprint density at radius 2 is 1.58 bits per heavy atom. The van der Waals surface area contributed by atoms with Crippen molar-refractivity contribution in [2.45, 2.75) is 37.8 Å². The van der Waals surface area contributed by atoms with Gasteiger partial charge in [0.1, 0.15) is 5.69 Å². The minimum absolute atomic E-state index is 0.0387. The van der Waals surface area contributed by atoms with Crippen LogP contribution in [0.5, 0.6) is 0 Å². The van der Waals surface area contributed by atoms with E-state index in [1.165, 1.54) is 0 Å². The molecule has 0 saturated carbocycles. The smallest absolute Gasteiger partial charge is 0.475 e. The molecular weight excluding hydrogens is 532 g/mol. The Hall–Kier alpha value is -2.98. The second-order valence-corrected chi connectivity index (χ2v) is 8.31. The van der Waals surface area contributed by atoms with Crippen molar-refractivity contribution in [2.75, 3.05) is 47.0 Å². The van der Waals surface area contributed by atoms with Gasteiger partial charge in [-0.25, -0.2) is 14.6 Å². The van der Waals surface area contributed by atoms with Gasteiger partial charge in [-0.05, 0) is 25.5 Å². The van der Waals surface area contributed by atoms with E-state index in [0.29, 0.717) is 18.2 Å². The number of carboxylic acids is 2. The standard InChI is InChI=1S/C18H27N3O3.2C2HF3O2/c1-13-5-4-6-15(19-13)18(22)21-8-7-17(24-3)14-11-20(9-10-23-2)12-16(14)21;2*3-2(4,5)1(6)7/h4-6,14,16-17H,7-12H2,1-3H3;2*(H,6,7)/t14-,16+,17-;;/m0../s1. The van der Waals surface area contributed by atoms with Gasteiger partial charge in [0, 0.05) is 52.0 Å². The quantitative estimate of drug-likeness (QED) is 0.521. The van der Waals surface area contributed by atoms with Gasteiger partial charge in [-0.3, -0.25) is 9.69 Å². The lowest BCUT2D eigenvalue weighted by Crippen LogP contribution is -2.53. The van der Waals surface area contributed by atoms with Gasteiger partial charge < -0.3 is 24.6 Å². The van der Waals surface area contributed by atoms with Gasteiger partial charge in [-0.2, -0.15) is 26.3 Å².